The molecule has 1 amide bonds. The van der Waals surface area contributed by atoms with E-state index in [2.05, 4.69) is 10.5 Å². The maximum atomic E-state index is 11.9. The third kappa shape index (κ3) is 5.32. The largest absolute Gasteiger partial charge is 0.483 e. The van der Waals surface area contributed by atoms with Crippen LogP contribution in [-0.4, -0.2) is 18.7 Å². The lowest BCUT2D eigenvalue weighted by Gasteiger charge is -2.10. The number of nitrogens with zero attached hydrogens (tertiary/aromatic N) is 1. The number of nitrogens with one attached hydrogen (secondary N) is 1. The predicted octanol–water partition coefficient (Wildman–Crippen LogP) is 6.05. The molecule has 3 rings (SSSR count). The highest BCUT2D eigenvalue weighted by atomic mass is 35.5. The lowest BCUT2D eigenvalue weighted by atomic mass is 10.1. The maximum absolute atomic E-state index is 11.9. The number of aryl methyl sites for hydroxylation is 2. The molecule has 1 N–H and O–H groups in total. The minimum Gasteiger partial charge on any atom is -0.483 e. The van der Waals surface area contributed by atoms with E-state index in [1.807, 2.05) is 32.0 Å². The zero-order chi connectivity index (χ0) is 21.0. The number of carbonyl (C=O) groups is 1. The van der Waals surface area contributed by atoms with E-state index >= 15 is 0 Å². The number of amides is 1. The first-order valence-electron chi connectivity index (χ1n) is 8.61. The standard InChI is InChI=1S/C21H17Cl3N2O3/c1-12-4-3-5-13(2)21(12)28-11-20(27)26-25-10-14-6-7-19(29-14)15-8-17(23)18(24)9-16(15)22/h3-10H,11H2,1-2H3,(H,26,27). The van der Waals surface area contributed by atoms with Crippen molar-refractivity contribution < 1.29 is 13.9 Å². The van der Waals surface area contributed by atoms with Gasteiger partial charge in [-0.3, -0.25) is 4.79 Å². The Labute approximate surface area is 183 Å². The maximum Gasteiger partial charge on any atom is 0.277 e. The molecule has 5 nitrogen and oxygen atoms in total. The summed E-state index contributed by atoms with van der Waals surface area (Å²) in [5.41, 5.74) is 4.93. The summed E-state index contributed by atoms with van der Waals surface area (Å²) in [6.07, 6.45) is 1.38. The number of rotatable bonds is 6. The second-order valence-electron chi connectivity index (χ2n) is 6.25. The zero-order valence-electron chi connectivity index (χ0n) is 15.6. The SMILES string of the molecule is Cc1cccc(C)c1OCC(=O)NN=Cc1ccc(-c2cc(Cl)c(Cl)cc2Cl)o1. The van der Waals surface area contributed by atoms with Gasteiger partial charge in [-0.25, -0.2) is 5.43 Å². The van der Waals surface area contributed by atoms with Gasteiger partial charge in [-0.05, 0) is 49.2 Å². The van der Waals surface area contributed by atoms with E-state index < -0.39 is 0 Å². The first-order chi connectivity index (χ1) is 13.8. The first-order valence-corrected chi connectivity index (χ1v) is 9.74. The number of hydrogen-bond acceptors (Lipinski definition) is 4. The molecule has 2 aromatic carbocycles. The molecule has 1 heterocycles. The fourth-order valence-electron chi connectivity index (χ4n) is 2.64. The van der Waals surface area contributed by atoms with Crippen LogP contribution in [-0.2, 0) is 4.79 Å². The second kappa shape index (κ2) is 9.35. The molecule has 0 aliphatic heterocycles. The summed E-state index contributed by atoms with van der Waals surface area (Å²) in [7, 11) is 0. The van der Waals surface area contributed by atoms with Crippen LogP contribution in [0, 0.1) is 13.8 Å². The Morgan fingerprint density at radius 1 is 1.07 bits per heavy atom. The van der Waals surface area contributed by atoms with Crippen LogP contribution in [0.3, 0.4) is 0 Å². The molecule has 0 bridgehead atoms. The Morgan fingerprint density at radius 3 is 2.48 bits per heavy atom. The molecule has 0 fully saturated rings. The number of carbonyl (C=O) groups excluding carboxylic acids is 1. The van der Waals surface area contributed by atoms with Crippen molar-refractivity contribution in [1.82, 2.24) is 5.43 Å². The van der Waals surface area contributed by atoms with Crippen molar-refractivity contribution in [2.75, 3.05) is 6.61 Å². The van der Waals surface area contributed by atoms with E-state index in [0.29, 0.717) is 37.9 Å². The van der Waals surface area contributed by atoms with Crippen molar-refractivity contribution in [3.63, 3.8) is 0 Å². The van der Waals surface area contributed by atoms with Gasteiger partial charge < -0.3 is 9.15 Å². The quantitative estimate of drug-likeness (QED) is 0.282. The van der Waals surface area contributed by atoms with Gasteiger partial charge in [0.05, 0.1) is 21.3 Å². The van der Waals surface area contributed by atoms with E-state index in [0.717, 1.165) is 11.1 Å². The number of benzene rings is 2. The normalized spacial score (nSPS) is 11.1. The van der Waals surface area contributed by atoms with E-state index in [4.69, 9.17) is 44.0 Å². The molecule has 0 saturated carbocycles. The lowest BCUT2D eigenvalue weighted by molar-refractivity contribution is -0.123. The minimum absolute atomic E-state index is 0.148. The summed E-state index contributed by atoms with van der Waals surface area (Å²) in [4.78, 5) is 11.9. The number of ether oxygens (including phenoxy) is 1. The molecular formula is C21H17Cl3N2O3. The fraction of sp³-hybridized carbons (Fsp3) is 0.143. The highest BCUT2D eigenvalue weighted by Gasteiger charge is 2.12. The summed E-state index contributed by atoms with van der Waals surface area (Å²) in [5, 5.41) is 5.02. The van der Waals surface area contributed by atoms with Crippen LogP contribution < -0.4 is 10.2 Å². The van der Waals surface area contributed by atoms with Gasteiger partial charge in [0.1, 0.15) is 17.3 Å². The van der Waals surface area contributed by atoms with Gasteiger partial charge >= 0.3 is 0 Å². The van der Waals surface area contributed by atoms with Crippen LogP contribution in [0.4, 0.5) is 0 Å². The van der Waals surface area contributed by atoms with E-state index in [1.165, 1.54) is 6.21 Å². The van der Waals surface area contributed by atoms with Crippen LogP contribution in [0.15, 0.2) is 52.0 Å². The van der Waals surface area contributed by atoms with Crippen molar-refractivity contribution in [2.45, 2.75) is 13.8 Å². The fourth-order valence-corrected chi connectivity index (χ4v) is 3.28. The Bertz CT molecular complexity index is 1060. The van der Waals surface area contributed by atoms with Crippen molar-refractivity contribution in [3.8, 4) is 17.1 Å². The van der Waals surface area contributed by atoms with Crippen LogP contribution >= 0.6 is 34.8 Å². The molecule has 0 aliphatic rings. The predicted molar refractivity (Wildman–Crippen MR) is 116 cm³/mol. The summed E-state index contributed by atoms with van der Waals surface area (Å²) in [6, 6.07) is 12.4. The summed E-state index contributed by atoms with van der Waals surface area (Å²) in [5.74, 6) is 1.24. The minimum atomic E-state index is -0.386. The monoisotopic (exact) mass is 450 g/mol. The van der Waals surface area contributed by atoms with E-state index in [-0.39, 0.29) is 12.5 Å². The average molecular weight is 452 g/mol. The molecule has 0 radical (unpaired) electrons. The third-order valence-corrected chi connectivity index (χ3v) is 5.07. The Kier molecular flexibility index (Phi) is 6.85. The molecule has 0 atom stereocenters. The molecule has 0 spiro atoms. The second-order valence-corrected chi connectivity index (χ2v) is 7.47. The van der Waals surface area contributed by atoms with Crippen molar-refractivity contribution in [2.24, 2.45) is 5.10 Å². The summed E-state index contributed by atoms with van der Waals surface area (Å²) in [6.45, 7) is 3.70. The molecule has 150 valence electrons. The van der Waals surface area contributed by atoms with E-state index in [9.17, 15) is 4.79 Å². The number of halogens is 3. The van der Waals surface area contributed by atoms with Crippen LogP contribution in [0.5, 0.6) is 5.75 Å². The van der Waals surface area contributed by atoms with Gasteiger partial charge in [0, 0.05) is 5.56 Å². The van der Waals surface area contributed by atoms with Crippen LogP contribution in [0.25, 0.3) is 11.3 Å². The number of para-hydroxylation sites is 1. The third-order valence-electron chi connectivity index (χ3n) is 4.04. The van der Waals surface area contributed by atoms with Crippen molar-refractivity contribution in [3.05, 3.63) is 74.4 Å². The van der Waals surface area contributed by atoms with Crippen LogP contribution in [0.2, 0.25) is 15.1 Å². The Balaban J connectivity index is 1.59. The number of hydrogen-bond donors (Lipinski definition) is 1. The van der Waals surface area contributed by atoms with Gasteiger partial charge in [0.15, 0.2) is 6.61 Å². The van der Waals surface area contributed by atoms with Gasteiger partial charge in [-0.15, -0.1) is 0 Å². The van der Waals surface area contributed by atoms with Gasteiger partial charge in [-0.2, -0.15) is 5.10 Å². The highest BCUT2D eigenvalue weighted by molar-refractivity contribution is 6.44. The molecular weight excluding hydrogens is 435 g/mol. The number of furan rings is 1. The van der Waals surface area contributed by atoms with Crippen molar-refractivity contribution >= 4 is 46.9 Å². The number of hydrazone groups is 1. The van der Waals surface area contributed by atoms with Gasteiger partial charge in [-0.1, -0.05) is 53.0 Å². The summed E-state index contributed by atoms with van der Waals surface area (Å²) >= 11 is 18.2. The Morgan fingerprint density at radius 2 is 1.76 bits per heavy atom. The smallest absolute Gasteiger partial charge is 0.277 e. The Hall–Kier alpha value is -2.47. The molecule has 0 aliphatic carbocycles. The molecule has 8 heteroatoms. The highest BCUT2D eigenvalue weighted by Crippen LogP contribution is 2.35. The molecule has 3 aromatic rings. The lowest BCUT2D eigenvalue weighted by Crippen LogP contribution is -2.24. The van der Waals surface area contributed by atoms with Gasteiger partial charge in [0.2, 0.25) is 0 Å². The first kappa shape index (κ1) is 21.2. The van der Waals surface area contributed by atoms with Crippen LogP contribution in [0.1, 0.15) is 16.9 Å². The molecule has 29 heavy (non-hydrogen) atoms. The van der Waals surface area contributed by atoms with Crippen molar-refractivity contribution in [1.29, 1.82) is 0 Å². The summed E-state index contributed by atoms with van der Waals surface area (Å²) < 4.78 is 11.3. The average Bonchev–Trinajstić information content (AvgIpc) is 3.13. The molecule has 0 saturated heterocycles. The molecule has 0 unspecified atom stereocenters. The van der Waals surface area contributed by atoms with Gasteiger partial charge in [0.25, 0.3) is 5.91 Å². The topological polar surface area (TPSA) is 63.8 Å². The van der Waals surface area contributed by atoms with E-state index in [1.54, 1.807) is 24.3 Å². The zero-order valence-corrected chi connectivity index (χ0v) is 17.9. The molecule has 1 aromatic heterocycles.